The molecular weight excluding hydrogens is 311 g/mol. The lowest BCUT2D eigenvalue weighted by atomic mass is 10.1. The highest BCUT2D eigenvalue weighted by molar-refractivity contribution is 8.00. The van der Waals surface area contributed by atoms with Gasteiger partial charge in [0.2, 0.25) is 0 Å². The first-order chi connectivity index (χ1) is 8.95. The van der Waals surface area contributed by atoms with Gasteiger partial charge in [-0.3, -0.25) is 9.59 Å². The number of rotatable bonds is 7. The van der Waals surface area contributed by atoms with E-state index in [1.807, 2.05) is 0 Å². The molecule has 4 nitrogen and oxygen atoms in total. The minimum atomic E-state index is -1.08. The number of hydrogen-bond acceptors (Lipinski definition) is 4. The fourth-order valence-electron chi connectivity index (χ4n) is 1.37. The standard InChI is InChI=1S/C12H12Cl2O4S/c13-8-2-1-7(5-9(8)14)10(16)6-11(12(17)18)19-4-3-15/h1-2,5,11,15H,3-4,6H2,(H,17,18). The molecule has 0 aliphatic carbocycles. The zero-order valence-corrected chi connectivity index (χ0v) is 12.1. The summed E-state index contributed by atoms with van der Waals surface area (Å²) >= 11 is 12.6. The molecule has 1 aromatic carbocycles. The Morgan fingerprint density at radius 2 is 1.95 bits per heavy atom. The smallest absolute Gasteiger partial charge is 0.317 e. The van der Waals surface area contributed by atoms with Crippen LogP contribution in [-0.2, 0) is 4.79 Å². The molecule has 19 heavy (non-hydrogen) atoms. The van der Waals surface area contributed by atoms with Crippen molar-refractivity contribution in [2.24, 2.45) is 0 Å². The molecule has 0 aliphatic heterocycles. The molecule has 0 amide bonds. The summed E-state index contributed by atoms with van der Waals surface area (Å²) in [6, 6.07) is 4.42. The van der Waals surface area contributed by atoms with Crippen LogP contribution >= 0.6 is 35.0 Å². The van der Waals surface area contributed by atoms with Crippen molar-refractivity contribution in [2.45, 2.75) is 11.7 Å². The Hall–Kier alpha value is -0.750. The molecule has 0 fully saturated rings. The fraction of sp³-hybridized carbons (Fsp3) is 0.333. The number of halogens is 2. The Morgan fingerprint density at radius 1 is 1.26 bits per heavy atom. The van der Waals surface area contributed by atoms with Gasteiger partial charge in [-0.2, -0.15) is 0 Å². The van der Waals surface area contributed by atoms with Crippen LogP contribution < -0.4 is 0 Å². The van der Waals surface area contributed by atoms with Gasteiger partial charge in [-0.05, 0) is 18.2 Å². The predicted molar refractivity (Wildman–Crippen MR) is 76.4 cm³/mol. The Bertz CT molecular complexity index is 479. The number of carbonyl (C=O) groups is 2. The van der Waals surface area contributed by atoms with Crippen molar-refractivity contribution in [3.8, 4) is 0 Å². The van der Waals surface area contributed by atoms with Crippen molar-refractivity contribution < 1.29 is 19.8 Å². The molecule has 0 saturated carbocycles. The third-order valence-electron chi connectivity index (χ3n) is 2.30. The van der Waals surface area contributed by atoms with Crippen LogP contribution in [0.4, 0.5) is 0 Å². The quantitative estimate of drug-likeness (QED) is 0.755. The van der Waals surface area contributed by atoms with Gasteiger partial charge < -0.3 is 10.2 Å². The number of Topliss-reactive ketones (excluding diaryl/α,β-unsaturated/α-hetero) is 1. The second-order valence-electron chi connectivity index (χ2n) is 3.68. The van der Waals surface area contributed by atoms with Crippen LogP contribution in [0.5, 0.6) is 0 Å². The van der Waals surface area contributed by atoms with Crippen molar-refractivity contribution in [1.29, 1.82) is 0 Å². The highest BCUT2D eigenvalue weighted by Crippen LogP contribution is 2.24. The first-order valence-electron chi connectivity index (χ1n) is 5.39. The summed E-state index contributed by atoms with van der Waals surface area (Å²) in [4.78, 5) is 22.9. The fourth-order valence-corrected chi connectivity index (χ4v) is 2.47. The molecule has 0 saturated heterocycles. The summed E-state index contributed by atoms with van der Waals surface area (Å²) < 4.78 is 0. The molecule has 104 valence electrons. The number of hydrogen-bond donors (Lipinski definition) is 2. The van der Waals surface area contributed by atoms with E-state index >= 15 is 0 Å². The van der Waals surface area contributed by atoms with Gasteiger partial charge in [-0.1, -0.05) is 23.2 Å². The number of benzene rings is 1. The number of carboxylic acid groups (broad SMARTS) is 1. The van der Waals surface area contributed by atoms with Gasteiger partial charge in [0.1, 0.15) is 5.25 Å². The predicted octanol–water partition coefficient (Wildman–Crippen LogP) is 2.74. The third-order valence-corrected chi connectivity index (χ3v) is 4.23. The largest absolute Gasteiger partial charge is 0.480 e. The molecule has 2 N–H and O–H groups in total. The van der Waals surface area contributed by atoms with Crippen LogP contribution in [0.15, 0.2) is 18.2 Å². The van der Waals surface area contributed by atoms with E-state index in [1.54, 1.807) is 0 Å². The Balaban J connectivity index is 2.75. The SMILES string of the molecule is O=C(CC(SCCO)C(=O)O)c1ccc(Cl)c(Cl)c1. The van der Waals surface area contributed by atoms with E-state index in [0.717, 1.165) is 11.8 Å². The normalized spacial score (nSPS) is 12.2. The van der Waals surface area contributed by atoms with Crippen LogP contribution in [-0.4, -0.2) is 39.6 Å². The van der Waals surface area contributed by atoms with Crippen molar-refractivity contribution in [3.05, 3.63) is 33.8 Å². The summed E-state index contributed by atoms with van der Waals surface area (Å²) in [5.74, 6) is -1.13. The zero-order valence-electron chi connectivity index (χ0n) is 9.81. The number of carboxylic acids is 1. The molecule has 0 bridgehead atoms. The lowest BCUT2D eigenvalue weighted by molar-refractivity contribution is -0.136. The monoisotopic (exact) mass is 322 g/mol. The first-order valence-corrected chi connectivity index (χ1v) is 7.19. The minimum absolute atomic E-state index is 0.130. The van der Waals surface area contributed by atoms with E-state index in [9.17, 15) is 9.59 Å². The van der Waals surface area contributed by atoms with Gasteiger partial charge in [0.15, 0.2) is 5.78 Å². The second-order valence-corrected chi connectivity index (χ2v) is 5.80. The molecular formula is C12H12Cl2O4S. The van der Waals surface area contributed by atoms with Gasteiger partial charge in [0.25, 0.3) is 0 Å². The van der Waals surface area contributed by atoms with Gasteiger partial charge in [-0.15, -0.1) is 11.8 Å². The average Bonchev–Trinajstić information content (AvgIpc) is 2.37. The topological polar surface area (TPSA) is 74.6 Å². The molecule has 0 aromatic heterocycles. The molecule has 0 radical (unpaired) electrons. The van der Waals surface area contributed by atoms with E-state index in [2.05, 4.69) is 0 Å². The molecule has 7 heteroatoms. The van der Waals surface area contributed by atoms with Gasteiger partial charge >= 0.3 is 5.97 Å². The van der Waals surface area contributed by atoms with Crippen molar-refractivity contribution in [2.75, 3.05) is 12.4 Å². The van der Waals surface area contributed by atoms with E-state index in [4.69, 9.17) is 33.4 Å². The maximum absolute atomic E-state index is 11.9. The number of thioether (sulfide) groups is 1. The van der Waals surface area contributed by atoms with E-state index in [-0.39, 0.29) is 29.6 Å². The van der Waals surface area contributed by atoms with E-state index < -0.39 is 11.2 Å². The third kappa shape index (κ3) is 5.03. The van der Waals surface area contributed by atoms with Crippen LogP contribution in [0, 0.1) is 0 Å². The molecule has 1 unspecified atom stereocenters. The Morgan fingerprint density at radius 3 is 2.47 bits per heavy atom. The zero-order chi connectivity index (χ0) is 14.4. The maximum atomic E-state index is 11.9. The van der Waals surface area contributed by atoms with Crippen LogP contribution in [0.1, 0.15) is 16.8 Å². The molecule has 0 aliphatic rings. The lowest BCUT2D eigenvalue weighted by Gasteiger charge is -2.10. The molecule has 0 spiro atoms. The number of aliphatic hydroxyl groups excluding tert-OH is 1. The minimum Gasteiger partial charge on any atom is -0.480 e. The lowest BCUT2D eigenvalue weighted by Crippen LogP contribution is -2.21. The maximum Gasteiger partial charge on any atom is 0.317 e. The van der Waals surface area contributed by atoms with Gasteiger partial charge in [-0.25, -0.2) is 0 Å². The first kappa shape index (κ1) is 16.3. The number of aliphatic carboxylic acids is 1. The average molecular weight is 323 g/mol. The highest BCUT2D eigenvalue weighted by Gasteiger charge is 2.22. The number of ketones is 1. The summed E-state index contributed by atoms with van der Waals surface area (Å²) in [6.07, 6.45) is -0.155. The van der Waals surface area contributed by atoms with Gasteiger partial charge in [0, 0.05) is 17.7 Å². The summed E-state index contributed by atoms with van der Waals surface area (Å²) in [7, 11) is 0. The van der Waals surface area contributed by atoms with Crippen molar-refractivity contribution in [1.82, 2.24) is 0 Å². The second kappa shape index (κ2) is 7.75. The van der Waals surface area contributed by atoms with E-state index in [0.29, 0.717) is 10.6 Å². The molecule has 0 heterocycles. The Kier molecular flexibility index (Phi) is 6.65. The molecule has 1 rings (SSSR count). The van der Waals surface area contributed by atoms with Gasteiger partial charge in [0.05, 0.1) is 16.7 Å². The van der Waals surface area contributed by atoms with Crippen LogP contribution in [0.2, 0.25) is 10.0 Å². The molecule has 1 atom stereocenters. The van der Waals surface area contributed by atoms with Crippen molar-refractivity contribution >= 4 is 46.7 Å². The number of carbonyl (C=O) groups excluding carboxylic acids is 1. The summed E-state index contributed by atoms with van der Waals surface area (Å²) in [5, 5.41) is 17.4. The number of aliphatic hydroxyl groups is 1. The Labute approximate surface area is 124 Å². The van der Waals surface area contributed by atoms with Crippen molar-refractivity contribution in [3.63, 3.8) is 0 Å². The summed E-state index contributed by atoms with van der Waals surface area (Å²) in [6.45, 7) is -0.130. The van der Waals surface area contributed by atoms with Crippen LogP contribution in [0.25, 0.3) is 0 Å². The van der Waals surface area contributed by atoms with Crippen LogP contribution in [0.3, 0.4) is 0 Å². The van der Waals surface area contributed by atoms with E-state index in [1.165, 1.54) is 18.2 Å². The molecule has 1 aromatic rings. The summed E-state index contributed by atoms with van der Waals surface area (Å²) in [5.41, 5.74) is 0.324. The highest BCUT2D eigenvalue weighted by atomic mass is 35.5.